The number of hydrogen-bond donors (Lipinski definition) is 1. The van der Waals surface area contributed by atoms with Gasteiger partial charge in [0.25, 0.3) is 0 Å². The van der Waals surface area contributed by atoms with Gasteiger partial charge in [-0.1, -0.05) is 39.0 Å². The average molecular weight is 234 g/mol. The fourth-order valence-electron chi connectivity index (χ4n) is 2.01. The Morgan fingerprint density at radius 3 is 2.35 bits per heavy atom. The summed E-state index contributed by atoms with van der Waals surface area (Å²) in [7, 11) is 2.17. The van der Waals surface area contributed by atoms with Gasteiger partial charge in [0.2, 0.25) is 0 Å². The lowest BCUT2D eigenvalue weighted by molar-refractivity contribution is 0.329. The van der Waals surface area contributed by atoms with Gasteiger partial charge in [-0.3, -0.25) is 0 Å². The van der Waals surface area contributed by atoms with Crippen molar-refractivity contribution in [2.45, 2.75) is 40.2 Å². The predicted octanol–water partition coefficient (Wildman–Crippen LogP) is 3.06. The monoisotopic (exact) mass is 234 g/mol. The van der Waals surface area contributed by atoms with E-state index in [1.807, 2.05) is 0 Å². The minimum absolute atomic E-state index is 0.268. The second kappa shape index (κ2) is 5.54. The summed E-state index contributed by atoms with van der Waals surface area (Å²) >= 11 is 0. The summed E-state index contributed by atoms with van der Waals surface area (Å²) in [6, 6.07) is 9.04. The summed E-state index contributed by atoms with van der Waals surface area (Å²) in [5.74, 6) is 0. The Bertz CT molecular complexity index is 352. The van der Waals surface area contributed by atoms with Gasteiger partial charge in [-0.15, -0.1) is 0 Å². The minimum atomic E-state index is 0.268. The fourth-order valence-corrected chi connectivity index (χ4v) is 2.01. The molecule has 1 atom stereocenters. The number of nitrogens with zero attached hydrogens (tertiary/aromatic N) is 1. The molecule has 17 heavy (non-hydrogen) atoms. The van der Waals surface area contributed by atoms with Crippen LogP contribution < -0.4 is 10.6 Å². The van der Waals surface area contributed by atoms with Crippen LogP contribution in [0.1, 0.15) is 33.3 Å². The van der Waals surface area contributed by atoms with Crippen molar-refractivity contribution < 1.29 is 0 Å². The number of rotatable bonds is 4. The van der Waals surface area contributed by atoms with Crippen LogP contribution in [0.4, 0.5) is 5.69 Å². The first-order chi connectivity index (χ1) is 7.88. The molecule has 0 aliphatic carbocycles. The highest BCUT2D eigenvalue weighted by molar-refractivity contribution is 5.54. The molecule has 1 unspecified atom stereocenters. The summed E-state index contributed by atoms with van der Waals surface area (Å²) in [5.41, 5.74) is 8.59. The quantitative estimate of drug-likeness (QED) is 0.867. The van der Waals surface area contributed by atoms with Gasteiger partial charge >= 0.3 is 0 Å². The van der Waals surface area contributed by atoms with Crippen LogP contribution in [0.5, 0.6) is 0 Å². The van der Waals surface area contributed by atoms with Crippen LogP contribution in [0, 0.1) is 5.41 Å². The topological polar surface area (TPSA) is 29.3 Å². The fraction of sp³-hybridized carbons (Fsp3) is 0.600. The molecule has 0 aliphatic heterocycles. The highest BCUT2D eigenvalue weighted by Crippen LogP contribution is 2.29. The summed E-state index contributed by atoms with van der Waals surface area (Å²) in [6.07, 6.45) is 0.942. The van der Waals surface area contributed by atoms with Crippen LogP contribution in [-0.2, 0) is 6.42 Å². The standard InChI is InChI=1S/C15H26N2/c1-12(15(2,3)4)17(5)14-9-7-6-8-13(14)10-11-16/h6-9,12H,10-11,16H2,1-5H3. The molecule has 2 nitrogen and oxygen atoms in total. The Hall–Kier alpha value is -1.02. The first-order valence-electron chi connectivity index (χ1n) is 6.38. The van der Waals surface area contributed by atoms with Crippen molar-refractivity contribution in [1.82, 2.24) is 0 Å². The zero-order chi connectivity index (χ0) is 13.1. The van der Waals surface area contributed by atoms with E-state index in [1.54, 1.807) is 0 Å². The van der Waals surface area contributed by atoms with Crippen LogP contribution in [0.3, 0.4) is 0 Å². The third-order valence-corrected chi connectivity index (χ3v) is 3.62. The molecule has 0 bridgehead atoms. The average Bonchev–Trinajstić information content (AvgIpc) is 2.27. The first-order valence-corrected chi connectivity index (χ1v) is 6.38. The van der Waals surface area contributed by atoms with Crippen molar-refractivity contribution in [3.8, 4) is 0 Å². The van der Waals surface area contributed by atoms with Crippen molar-refractivity contribution in [1.29, 1.82) is 0 Å². The van der Waals surface area contributed by atoms with Crippen LogP contribution in [0.25, 0.3) is 0 Å². The molecule has 1 aromatic rings. The highest BCUT2D eigenvalue weighted by Gasteiger charge is 2.24. The van der Waals surface area contributed by atoms with Gasteiger partial charge in [-0.05, 0) is 36.9 Å². The molecule has 0 aliphatic rings. The van der Waals surface area contributed by atoms with E-state index in [2.05, 4.69) is 63.9 Å². The van der Waals surface area contributed by atoms with E-state index in [0.717, 1.165) is 6.42 Å². The lowest BCUT2D eigenvalue weighted by Crippen LogP contribution is -2.39. The van der Waals surface area contributed by atoms with E-state index in [9.17, 15) is 0 Å². The Kier molecular flexibility index (Phi) is 4.58. The maximum atomic E-state index is 5.67. The lowest BCUT2D eigenvalue weighted by Gasteiger charge is -2.37. The molecule has 0 saturated carbocycles. The molecule has 1 rings (SSSR count). The number of hydrogen-bond acceptors (Lipinski definition) is 2. The number of anilines is 1. The Morgan fingerprint density at radius 1 is 1.24 bits per heavy atom. The predicted molar refractivity (Wildman–Crippen MR) is 76.5 cm³/mol. The Balaban J connectivity index is 2.99. The minimum Gasteiger partial charge on any atom is -0.371 e. The van der Waals surface area contributed by atoms with Crippen molar-refractivity contribution in [3.05, 3.63) is 29.8 Å². The molecule has 0 amide bonds. The zero-order valence-electron chi connectivity index (χ0n) is 11.8. The van der Waals surface area contributed by atoms with Gasteiger partial charge in [0.1, 0.15) is 0 Å². The molecule has 2 N–H and O–H groups in total. The SMILES string of the molecule is CC(N(C)c1ccccc1CCN)C(C)(C)C. The highest BCUT2D eigenvalue weighted by atomic mass is 15.1. The molecule has 0 saturated heterocycles. The van der Waals surface area contributed by atoms with Gasteiger partial charge in [0, 0.05) is 18.8 Å². The first kappa shape index (κ1) is 14.0. The van der Waals surface area contributed by atoms with E-state index in [0.29, 0.717) is 12.6 Å². The van der Waals surface area contributed by atoms with E-state index < -0.39 is 0 Å². The molecule has 0 radical (unpaired) electrons. The van der Waals surface area contributed by atoms with Crippen LogP contribution >= 0.6 is 0 Å². The summed E-state index contributed by atoms with van der Waals surface area (Å²) in [6.45, 7) is 9.81. The van der Waals surface area contributed by atoms with E-state index in [-0.39, 0.29) is 5.41 Å². The molecule has 0 spiro atoms. The second-order valence-electron chi connectivity index (χ2n) is 5.82. The number of nitrogens with two attached hydrogens (primary N) is 1. The van der Waals surface area contributed by atoms with E-state index >= 15 is 0 Å². The van der Waals surface area contributed by atoms with Gasteiger partial charge < -0.3 is 10.6 Å². The van der Waals surface area contributed by atoms with Gasteiger partial charge in [-0.25, -0.2) is 0 Å². The maximum absolute atomic E-state index is 5.67. The number of benzene rings is 1. The van der Waals surface area contributed by atoms with E-state index in [1.165, 1.54) is 11.3 Å². The summed E-state index contributed by atoms with van der Waals surface area (Å²) in [5, 5.41) is 0. The van der Waals surface area contributed by atoms with Crippen molar-refractivity contribution >= 4 is 5.69 Å². The van der Waals surface area contributed by atoms with Crippen LogP contribution in [-0.4, -0.2) is 19.6 Å². The van der Waals surface area contributed by atoms with Gasteiger partial charge in [-0.2, -0.15) is 0 Å². The van der Waals surface area contributed by atoms with Crippen LogP contribution in [0.15, 0.2) is 24.3 Å². The smallest absolute Gasteiger partial charge is 0.0399 e. The molecular formula is C15H26N2. The zero-order valence-corrected chi connectivity index (χ0v) is 11.8. The molecule has 0 aromatic heterocycles. The lowest BCUT2D eigenvalue weighted by atomic mass is 9.86. The molecule has 2 heteroatoms. The third-order valence-electron chi connectivity index (χ3n) is 3.62. The van der Waals surface area contributed by atoms with Crippen molar-refractivity contribution in [2.75, 3.05) is 18.5 Å². The normalized spacial score (nSPS) is 13.5. The maximum Gasteiger partial charge on any atom is 0.0399 e. The Labute approximate surface area is 106 Å². The summed E-state index contributed by atoms with van der Waals surface area (Å²) < 4.78 is 0. The third kappa shape index (κ3) is 3.47. The molecule has 0 fully saturated rings. The van der Waals surface area contributed by atoms with Crippen LogP contribution in [0.2, 0.25) is 0 Å². The van der Waals surface area contributed by atoms with E-state index in [4.69, 9.17) is 5.73 Å². The largest absolute Gasteiger partial charge is 0.371 e. The van der Waals surface area contributed by atoms with Crippen molar-refractivity contribution in [2.24, 2.45) is 11.1 Å². The molecule has 0 heterocycles. The Morgan fingerprint density at radius 2 is 1.82 bits per heavy atom. The van der Waals surface area contributed by atoms with Gasteiger partial charge in [0.15, 0.2) is 0 Å². The van der Waals surface area contributed by atoms with Crippen molar-refractivity contribution in [3.63, 3.8) is 0 Å². The van der Waals surface area contributed by atoms with Gasteiger partial charge in [0.05, 0.1) is 0 Å². The molecular weight excluding hydrogens is 208 g/mol. The molecule has 1 aromatic carbocycles. The molecule has 96 valence electrons. The number of para-hydroxylation sites is 1. The summed E-state index contributed by atoms with van der Waals surface area (Å²) in [4.78, 5) is 2.37. The second-order valence-corrected chi connectivity index (χ2v) is 5.82.